The Balaban J connectivity index is 1.69. The van der Waals surface area contributed by atoms with Crippen molar-refractivity contribution in [2.45, 2.75) is 13.0 Å². The summed E-state index contributed by atoms with van der Waals surface area (Å²) in [5.74, 6) is -0.540. The molecule has 26 heavy (non-hydrogen) atoms. The van der Waals surface area contributed by atoms with Gasteiger partial charge in [0, 0.05) is 25.0 Å². The largest absolute Gasteiger partial charge is 0.338 e. The van der Waals surface area contributed by atoms with Crippen molar-refractivity contribution < 1.29 is 9.59 Å². The second kappa shape index (κ2) is 6.59. The summed E-state index contributed by atoms with van der Waals surface area (Å²) in [4.78, 5) is 31.5. The third-order valence-electron chi connectivity index (χ3n) is 4.27. The Hall–Kier alpha value is -2.64. The van der Waals surface area contributed by atoms with Crippen LogP contribution in [0.15, 0.2) is 48.9 Å². The van der Waals surface area contributed by atoms with Gasteiger partial charge in [-0.3, -0.25) is 19.5 Å². The number of aromatic nitrogens is 2. The summed E-state index contributed by atoms with van der Waals surface area (Å²) in [6.07, 6.45) is 4.98. The number of anilines is 2. The molecule has 8 heteroatoms. The number of pyridine rings is 1. The van der Waals surface area contributed by atoms with Crippen LogP contribution in [0, 0.1) is 0 Å². The van der Waals surface area contributed by atoms with E-state index in [1.54, 1.807) is 47.8 Å². The number of amides is 2. The van der Waals surface area contributed by atoms with Crippen LogP contribution < -0.4 is 10.2 Å². The van der Waals surface area contributed by atoms with E-state index in [0.29, 0.717) is 27.8 Å². The van der Waals surface area contributed by atoms with Crippen molar-refractivity contribution >= 4 is 45.4 Å². The molecule has 0 spiro atoms. The maximum atomic E-state index is 13.1. The third kappa shape index (κ3) is 2.89. The Bertz CT molecular complexity index is 982. The van der Waals surface area contributed by atoms with Gasteiger partial charge in [0.15, 0.2) is 0 Å². The second-order valence-corrected chi connectivity index (χ2v) is 7.72. The molecule has 1 aliphatic rings. The van der Waals surface area contributed by atoms with Crippen LogP contribution in [0.4, 0.5) is 10.7 Å². The van der Waals surface area contributed by atoms with Gasteiger partial charge in [-0.05, 0) is 37.3 Å². The quantitative estimate of drug-likeness (QED) is 0.737. The lowest BCUT2D eigenvalue weighted by Gasteiger charge is -2.32. The molecule has 0 aromatic carbocycles. The zero-order chi connectivity index (χ0) is 18.3. The Morgan fingerprint density at radius 3 is 2.88 bits per heavy atom. The first kappa shape index (κ1) is 16.8. The van der Waals surface area contributed by atoms with Gasteiger partial charge in [-0.2, -0.15) is 0 Å². The first-order chi connectivity index (χ1) is 12.5. The summed E-state index contributed by atoms with van der Waals surface area (Å²) < 4.78 is 2.47. The fraction of sp³-hybridized carbons (Fsp3) is 0.167. The van der Waals surface area contributed by atoms with Gasteiger partial charge in [0.2, 0.25) is 0 Å². The first-order valence-corrected chi connectivity index (χ1v) is 9.23. The van der Waals surface area contributed by atoms with Crippen LogP contribution in [0.5, 0.6) is 0 Å². The van der Waals surface area contributed by atoms with E-state index in [1.165, 1.54) is 11.3 Å². The maximum Gasteiger partial charge on any atom is 0.276 e. The average molecular weight is 387 g/mol. The minimum Gasteiger partial charge on any atom is -0.338 e. The van der Waals surface area contributed by atoms with Crippen LogP contribution in [0.3, 0.4) is 0 Å². The zero-order valence-electron chi connectivity index (χ0n) is 13.8. The molecule has 0 unspecified atom stereocenters. The molecule has 2 amide bonds. The van der Waals surface area contributed by atoms with E-state index in [0.717, 1.165) is 5.00 Å². The minimum atomic E-state index is -0.335. The van der Waals surface area contributed by atoms with E-state index in [2.05, 4.69) is 10.3 Å². The fourth-order valence-electron chi connectivity index (χ4n) is 3.06. The molecule has 1 aliphatic heterocycles. The molecular formula is C18H15ClN4O2S. The van der Waals surface area contributed by atoms with Crippen LogP contribution in [-0.4, -0.2) is 27.9 Å². The highest BCUT2D eigenvalue weighted by molar-refractivity contribution is 7.20. The monoisotopic (exact) mass is 386 g/mol. The van der Waals surface area contributed by atoms with Crippen molar-refractivity contribution in [1.82, 2.24) is 9.55 Å². The topological polar surface area (TPSA) is 67.2 Å². The zero-order valence-corrected chi connectivity index (χ0v) is 15.4. The molecule has 132 valence electrons. The molecule has 0 saturated carbocycles. The fourth-order valence-corrected chi connectivity index (χ4v) is 4.10. The van der Waals surface area contributed by atoms with Gasteiger partial charge in [-0.1, -0.05) is 11.6 Å². The number of halogens is 1. The number of thiophene rings is 1. The molecular weight excluding hydrogens is 372 g/mol. The third-order valence-corrected chi connectivity index (χ3v) is 5.53. The summed E-state index contributed by atoms with van der Waals surface area (Å²) in [6, 6.07) is 8.80. The van der Waals surface area contributed by atoms with Crippen molar-refractivity contribution in [1.29, 1.82) is 0 Å². The normalized spacial score (nSPS) is 16.5. The van der Waals surface area contributed by atoms with Gasteiger partial charge in [0.25, 0.3) is 11.8 Å². The van der Waals surface area contributed by atoms with Crippen molar-refractivity contribution in [3.8, 4) is 0 Å². The predicted molar refractivity (Wildman–Crippen MR) is 102 cm³/mol. The summed E-state index contributed by atoms with van der Waals surface area (Å²) in [5.41, 5.74) is 1.31. The lowest BCUT2D eigenvalue weighted by atomic mass is 10.1. The van der Waals surface area contributed by atoms with Crippen molar-refractivity contribution in [2.75, 3.05) is 16.8 Å². The summed E-state index contributed by atoms with van der Waals surface area (Å²) in [6.45, 7) is 2.54. The molecule has 1 N–H and O–H groups in total. The minimum absolute atomic E-state index is 0.0449. The van der Waals surface area contributed by atoms with Gasteiger partial charge >= 0.3 is 0 Å². The number of rotatable bonds is 3. The Labute approximate surface area is 159 Å². The van der Waals surface area contributed by atoms with E-state index < -0.39 is 0 Å². The predicted octanol–water partition coefficient (Wildman–Crippen LogP) is 4.07. The van der Waals surface area contributed by atoms with Gasteiger partial charge in [-0.15, -0.1) is 11.3 Å². The molecule has 3 aromatic rings. The van der Waals surface area contributed by atoms with Crippen LogP contribution in [0.2, 0.25) is 4.34 Å². The Morgan fingerprint density at radius 2 is 2.19 bits per heavy atom. The molecule has 6 nitrogen and oxygen atoms in total. The molecule has 1 atom stereocenters. The van der Waals surface area contributed by atoms with Gasteiger partial charge in [-0.25, -0.2) is 0 Å². The van der Waals surface area contributed by atoms with Crippen molar-refractivity contribution in [2.24, 2.45) is 0 Å². The van der Waals surface area contributed by atoms with E-state index in [1.807, 2.05) is 17.6 Å². The summed E-state index contributed by atoms with van der Waals surface area (Å²) >= 11 is 7.37. The van der Waals surface area contributed by atoms with Crippen molar-refractivity contribution in [3.63, 3.8) is 0 Å². The van der Waals surface area contributed by atoms with E-state index in [-0.39, 0.29) is 17.9 Å². The highest BCUT2D eigenvalue weighted by atomic mass is 35.5. The molecule has 4 rings (SSSR count). The SMILES string of the molecule is C[C@H]1CN(c2ccc(Cl)s2)C(=O)c2c(C(=O)Nc3cccnc3)ccn21. The van der Waals surface area contributed by atoms with Crippen LogP contribution >= 0.6 is 22.9 Å². The average Bonchev–Trinajstić information content (AvgIpc) is 3.26. The van der Waals surface area contributed by atoms with Crippen LogP contribution in [0.25, 0.3) is 0 Å². The Kier molecular flexibility index (Phi) is 4.26. The molecule has 0 bridgehead atoms. The summed E-state index contributed by atoms with van der Waals surface area (Å²) in [7, 11) is 0. The number of nitrogens with zero attached hydrogens (tertiary/aromatic N) is 3. The molecule has 3 aromatic heterocycles. The van der Waals surface area contributed by atoms with Gasteiger partial charge < -0.3 is 9.88 Å². The molecule has 0 saturated heterocycles. The number of hydrogen-bond donors (Lipinski definition) is 1. The van der Waals surface area contributed by atoms with Crippen LogP contribution in [-0.2, 0) is 0 Å². The van der Waals surface area contributed by atoms with E-state index in [4.69, 9.17) is 11.6 Å². The van der Waals surface area contributed by atoms with Gasteiger partial charge in [0.05, 0.1) is 26.8 Å². The smallest absolute Gasteiger partial charge is 0.276 e. The maximum absolute atomic E-state index is 13.1. The van der Waals surface area contributed by atoms with E-state index in [9.17, 15) is 9.59 Å². The molecule has 4 heterocycles. The number of nitrogens with one attached hydrogen (secondary N) is 1. The van der Waals surface area contributed by atoms with Gasteiger partial charge in [0.1, 0.15) is 5.69 Å². The molecule has 0 aliphatic carbocycles. The lowest BCUT2D eigenvalue weighted by molar-refractivity contribution is 0.0943. The Morgan fingerprint density at radius 1 is 1.35 bits per heavy atom. The highest BCUT2D eigenvalue weighted by Crippen LogP contribution is 2.35. The number of carbonyl (C=O) groups excluding carboxylic acids is 2. The second-order valence-electron chi connectivity index (χ2n) is 6.02. The standard InChI is InChI=1S/C18H15ClN4O2S/c1-11-10-23(15-5-4-14(19)26-15)18(25)16-13(6-8-22(11)16)17(24)21-12-3-2-7-20-9-12/h2-9,11H,10H2,1H3,(H,21,24)/t11-/m0/s1. The lowest BCUT2D eigenvalue weighted by Crippen LogP contribution is -2.42. The number of carbonyl (C=O) groups is 2. The highest BCUT2D eigenvalue weighted by Gasteiger charge is 2.34. The van der Waals surface area contributed by atoms with Crippen molar-refractivity contribution in [3.05, 3.63) is 64.5 Å². The number of hydrogen-bond acceptors (Lipinski definition) is 4. The molecule has 0 radical (unpaired) electrons. The number of fused-ring (bicyclic) bond motifs is 1. The molecule has 0 fully saturated rings. The van der Waals surface area contributed by atoms with E-state index >= 15 is 0 Å². The summed E-state index contributed by atoms with van der Waals surface area (Å²) in [5, 5.41) is 3.56. The van der Waals surface area contributed by atoms with Crippen LogP contribution in [0.1, 0.15) is 33.8 Å². The first-order valence-electron chi connectivity index (χ1n) is 8.04.